The number of fused-ring (bicyclic) bond motifs is 1. The van der Waals surface area contributed by atoms with Crippen molar-refractivity contribution in [2.45, 2.75) is 6.61 Å². The summed E-state index contributed by atoms with van der Waals surface area (Å²) in [6.07, 6.45) is 3.73. The highest BCUT2D eigenvalue weighted by Gasteiger charge is 2.11. The zero-order valence-corrected chi connectivity index (χ0v) is 11.3. The molecule has 0 spiro atoms. The first-order valence-corrected chi connectivity index (χ1v) is 6.77. The van der Waals surface area contributed by atoms with E-state index in [0.29, 0.717) is 14.9 Å². The van der Waals surface area contributed by atoms with Gasteiger partial charge in [0.2, 0.25) is 0 Å². The summed E-state index contributed by atoms with van der Waals surface area (Å²) < 4.78 is 7.64. The molecular formula is C13H9ClN2O2S. The van der Waals surface area contributed by atoms with Crippen molar-refractivity contribution >= 4 is 34.6 Å². The van der Waals surface area contributed by atoms with Crippen molar-refractivity contribution in [2.24, 2.45) is 0 Å². The molecule has 0 aliphatic heterocycles. The lowest BCUT2D eigenvalue weighted by Gasteiger charge is -1.99. The van der Waals surface area contributed by atoms with Gasteiger partial charge in [0.1, 0.15) is 17.1 Å². The van der Waals surface area contributed by atoms with Crippen LogP contribution in [0.15, 0.2) is 42.7 Å². The molecule has 0 aliphatic rings. The lowest BCUT2D eigenvalue weighted by atomic mass is 10.4. The summed E-state index contributed by atoms with van der Waals surface area (Å²) in [4.78, 5) is 16.6. The first kappa shape index (κ1) is 12.2. The van der Waals surface area contributed by atoms with Gasteiger partial charge in [-0.3, -0.25) is 0 Å². The number of hydrogen-bond donors (Lipinski definition) is 0. The highest BCUT2D eigenvalue weighted by molar-refractivity contribution is 7.17. The van der Waals surface area contributed by atoms with E-state index in [0.717, 1.165) is 5.65 Å². The third kappa shape index (κ3) is 2.62. The molecule has 0 atom stereocenters. The highest BCUT2D eigenvalue weighted by atomic mass is 35.5. The molecule has 0 saturated carbocycles. The molecule has 96 valence electrons. The highest BCUT2D eigenvalue weighted by Crippen LogP contribution is 2.22. The number of carbonyl (C=O) groups excluding carboxylic acids is 1. The maximum atomic E-state index is 11.7. The molecule has 0 aliphatic carbocycles. The predicted octanol–water partition coefficient (Wildman–Crippen LogP) is 3.41. The maximum absolute atomic E-state index is 11.7. The Morgan fingerprint density at radius 1 is 1.37 bits per heavy atom. The number of hydrogen-bond acceptors (Lipinski definition) is 4. The molecule has 3 rings (SSSR count). The van der Waals surface area contributed by atoms with Gasteiger partial charge in [-0.25, -0.2) is 9.78 Å². The van der Waals surface area contributed by atoms with Gasteiger partial charge in [-0.15, -0.1) is 11.3 Å². The quantitative estimate of drug-likeness (QED) is 0.695. The first-order chi connectivity index (χ1) is 9.22. The first-order valence-electron chi connectivity index (χ1n) is 5.57. The molecular weight excluding hydrogens is 284 g/mol. The second-order valence-corrected chi connectivity index (χ2v) is 5.59. The van der Waals surface area contributed by atoms with E-state index in [1.807, 2.05) is 35.0 Å². The van der Waals surface area contributed by atoms with Crippen molar-refractivity contribution in [2.75, 3.05) is 0 Å². The van der Waals surface area contributed by atoms with Gasteiger partial charge in [0.15, 0.2) is 0 Å². The van der Waals surface area contributed by atoms with E-state index < -0.39 is 0 Å². The molecule has 0 aromatic carbocycles. The number of imidazole rings is 1. The minimum Gasteiger partial charge on any atom is -0.455 e. The molecule has 0 saturated heterocycles. The van der Waals surface area contributed by atoms with Crippen LogP contribution in [-0.2, 0) is 11.3 Å². The smallest absolute Gasteiger partial charge is 0.348 e. The summed E-state index contributed by atoms with van der Waals surface area (Å²) in [6, 6.07) is 9.04. The molecule has 0 unspecified atom stereocenters. The average Bonchev–Trinajstić information content (AvgIpc) is 3.01. The van der Waals surface area contributed by atoms with Crippen LogP contribution in [0.3, 0.4) is 0 Å². The zero-order chi connectivity index (χ0) is 13.2. The topological polar surface area (TPSA) is 43.6 Å². The Balaban J connectivity index is 1.70. The van der Waals surface area contributed by atoms with Crippen molar-refractivity contribution in [1.82, 2.24) is 9.38 Å². The van der Waals surface area contributed by atoms with Crippen LogP contribution in [-0.4, -0.2) is 15.4 Å². The fourth-order valence-corrected chi connectivity index (χ4v) is 2.63. The number of pyridine rings is 1. The van der Waals surface area contributed by atoms with Gasteiger partial charge in [0.25, 0.3) is 0 Å². The Morgan fingerprint density at radius 3 is 3.00 bits per heavy atom. The van der Waals surface area contributed by atoms with E-state index in [2.05, 4.69) is 4.98 Å². The van der Waals surface area contributed by atoms with Gasteiger partial charge in [-0.05, 0) is 24.3 Å². The number of nitrogens with zero attached hydrogens (tertiary/aromatic N) is 2. The Hall–Kier alpha value is -1.85. The number of carbonyl (C=O) groups is 1. The van der Waals surface area contributed by atoms with Crippen molar-refractivity contribution in [3.8, 4) is 0 Å². The summed E-state index contributed by atoms with van der Waals surface area (Å²) in [6.45, 7) is 0.149. The van der Waals surface area contributed by atoms with Crippen LogP contribution in [0, 0.1) is 0 Å². The second kappa shape index (κ2) is 5.03. The number of halogens is 1. The largest absolute Gasteiger partial charge is 0.455 e. The van der Waals surface area contributed by atoms with Crippen LogP contribution in [0.2, 0.25) is 4.34 Å². The zero-order valence-electron chi connectivity index (χ0n) is 9.75. The fourth-order valence-electron chi connectivity index (χ4n) is 1.69. The molecule has 3 aromatic heterocycles. The van der Waals surface area contributed by atoms with E-state index in [-0.39, 0.29) is 12.6 Å². The van der Waals surface area contributed by atoms with Crippen molar-refractivity contribution in [1.29, 1.82) is 0 Å². The summed E-state index contributed by atoms with van der Waals surface area (Å²) >= 11 is 6.97. The Bertz CT molecular complexity index is 702. The summed E-state index contributed by atoms with van der Waals surface area (Å²) in [5.74, 6) is -0.381. The molecule has 19 heavy (non-hydrogen) atoms. The SMILES string of the molecule is O=C(OCc1cn2ccccc2n1)c1ccc(Cl)s1. The van der Waals surface area contributed by atoms with E-state index >= 15 is 0 Å². The van der Waals surface area contributed by atoms with Gasteiger partial charge in [-0.1, -0.05) is 17.7 Å². The lowest BCUT2D eigenvalue weighted by Crippen LogP contribution is -2.03. The van der Waals surface area contributed by atoms with Crippen LogP contribution in [0.1, 0.15) is 15.4 Å². The molecule has 3 heterocycles. The molecule has 0 amide bonds. The molecule has 4 nitrogen and oxygen atoms in total. The van der Waals surface area contributed by atoms with E-state index in [9.17, 15) is 4.79 Å². The summed E-state index contributed by atoms with van der Waals surface area (Å²) in [5.41, 5.74) is 1.54. The average molecular weight is 293 g/mol. The molecule has 0 fully saturated rings. The van der Waals surface area contributed by atoms with Gasteiger partial charge in [0.05, 0.1) is 10.0 Å². The van der Waals surface area contributed by atoms with Crippen molar-refractivity contribution in [3.63, 3.8) is 0 Å². The minimum absolute atomic E-state index is 0.149. The van der Waals surface area contributed by atoms with E-state index in [1.165, 1.54) is 11.3 Å². The third-order valence-corrected chi connectivity index (χ3v) is 3.75. The molecule has 0 bridgehead atoms. The number of esters is 1. The fraction of sp³-hybridized carbons (Fsp3) is 0.0769. The molecule has 6 heteroatoms. The second-order valence-electron chi connectivity index (χ2n) is 3.88. The summed E-state index contributed by atoms with van der Waals surface area (Å²) in [7, 11) is 0. The lowest BCUT2D eigenvalue weighted by molar-refractivity contribution is 0.0474. The number of thiophene rings is 1. The Morgan fingerprint density at radius 2 is 2.26 bits per heavy atom. The maximum Gasteiger partial charge on any atom is 0.348 e. The van der Waals surface area contributed by atoms with Gasteiger partial charge < -0.3 is 9.14 Å². The van der Waals surface area contributed by atoms with Crippen LogP contribution < -0.4 is 0 Å². The van der Waals surface area contributed by atoms with Gasteiger partial charge >= 0.3 is 5.97 Å². The predicted molar refractivity (Wildman–Crippen MR) is 73.6 cm³/mol. The van der Waals surface area contributed by atoms with Crippen LogP contribution in [0.25, 0.3) is 5.65 Å². The molecule has 0 radical (unpaired) electrons. The van der Waals surface area contributed by atoms with Crippen molar-refractivity contribution < 1.29 is 9.53 Å². The summed E-state index contributed by atoms with van der Waals surface area (Å²) in [5, 5.41) is 0. The van der Waals surface area contributed by atoms with Gasteiger partial charge in [0, 0.05) is 12.4 Å². The van der Waals surface area contributed by atoms with Crippen molar-refractivity contribution in [3.05, 3.63) is 57.6 Å². The van der Waals surface area contributed by atoms with Crippen LogP contribution in [0.4, 0.5) is 0 Å². The number of ether oxygens (including phenoxy) is 1. The van der Waals surface area contributed by atoms with Crippen LogP contribution in [0.5, 0.6) is 0 Å². The standard InChI is InChI=1S/C13H9ClN2O2S/c14-11-5-4-10(19-11)13(17)18-8-9-7-16-6-2-1-3-12(16)15-9/h1-7H,8H2. The molecule has 3 aromatic rings. The normalized spacial score (nSPS) is 10.8. The Kier molecular flexibility index (Phi) is 3.23. The minimum atomic E-state index is -0.381. The monoisotopic (exact) mass is 292 g/mol. The Labute approximate surface area is 118 Å². The van der Waals surface area contributed by atoms with E-state index in [1.54, 1.807) is 12.1 Å². The molecule has 0 N–H and O–H groups in total. The van der Waals surface area contributed by atoms with E-state index in [4.69, 9.17) is 16.3 Å². The number of rotatable bonds is 3. The third-order valence-electron chi connectivity index (χ3n) is 2.54. The van der Waals surface area contributed by atoms with Crippen LogP contribution >= 0.6 is 22.9 Å². The number of aromatic nitrogens is 2. The van der Waals surface area contributed by atoms with Gasteiger partial charge in [-0.2, -0.15) is 0 Å².